The van der Waals surface area contributed by atoms with Crippen LogP contribution in [0.3, 0.4) is 0 Å². The summed E-state index contributed by atoms with van der Waals surface area (Å²) in [5.41, 5.74) is 5.71. The molecule has 0 saturated carbocycles. The molecule has 2 aromatic rings. The first-order valence-corrected chi connectivity index (χ1v) is 5.57. The van der Waals surface area contributed by atoms with Crippen LogP contribution in [0.5, 0.6) is 0 Å². The summed E-state index contributed by atoms with van der Waals surface area (Å²) in [5, 5.41) is 4.11. The number of imidazole rings is 1. The Labute approximate surface area is 96.6 Å². The van der Waals surface area contributed by atoms with E-state index in [9.17, 15) is 4.79 Å². The van der Waals surface area contributed by atoms with Crippen molar-refractivity contribution in [2.24, 2.45) is 0 Å². The van der Waals surface area contributed by atoms with Crippen molar-refractivity contribution in [2.45, 2.75) is 18.8 Å². The van der Waals surface area contributed by atoms with Crippen LogP contribution in [0.15, 0.2) is 11.0 Å². The van der Waals surface area contributed by atoms with Crippen molar-refractivity contribution < 1.29 is 4.74 Å². The molecule has 0 aliphatic carbocycles. The van der Waals surface area contributed by atoms with Crippen LogP contribution in [0.2, 0.25) is 0 Å². The van der Waals surface area contributed by atoms with Crippen LogP contribution in [0, 0.1) is 0 Å². The highest BCUT2D eigenvalue weighted by Gasteiger charge is 2.21. The lowest BCUT2D eigenvalue weighted by molar-refractivity contribution is 0.0832. The van der Waals surface area contributed by atoms with Crippen LogP contribution < -0.4 is 11.3 Å². The number of nitrogens with zero attached hydrogens (tertiary/aromatic N) is 3. The average Bonchev–Trinajstić information content (AvgIpc) is 2.74. The summed E-state index contributed by atoms with van der Waals surface area (Å²) < 4.78 is 6.85. The van der Waals surface area contributed by atoms with Crippen LogP contribution in [-0.4, -0.2) is 32.8 Å². The van der Waals surface area contributed by atoms with E-state index in [1.807, 2.05) is 0 Å². The van der Waals surface area contributed by atoms with E-state index in [1.54, 1.807) is 4.52 Å². The number of aromatic nitrogens is 4. The van der Waals surface area contributed by atoms with Gasteiger partial charge in [0.1, 0.15) is 5.82 Å². The Bertz CT molecular complexity index is 596. The Morgan fingerprint density at radius 2 is 2.24 bits per heavy atom. The van der Waals surface area contributed by atoms with Gasteiger partial charge in [-0.05, 0) is 12.8 Å². The van der Waals surface area contributed by atoms with Gasteiger partial charge in [0, 0.05) is 19.1 Å². The lowest BCUT2D eigenvalue weighted by Crippen LogP contribution is -2.20. The molecular weight excluding hydrogens is 222 g/mol. The molecule has 2 aromatic heterocycles. The van der Waals surface area contributed by atoms with Crippen LogP contribution in [0.4, 0.5) is 5.95 Å². The van der Waals surface area contributed by atoms with Crippen molar-refractivity contribution in [2.75, 3.05) is 18.9 Å². The normalized spacial score (nSPS) is 17.6. The molecule has 0 amide bonds. The molecular formula is C10H13N5O2. The van der Waals surface area contributed by atoms with Crippen LogP contribution in [-0.2, 0) is 4.74 Å². The number of rotatable bonds is 1. The Balaban J connectivity index is 2.13. The Morgan fingerprint density at radius 3 is 3.00 bits per heavy atom. The van der Waals surface area contributed by atoms with E-state index in [0.29, 0.717) is 5.52 Å². The zero-order valence-electron chi connectivity index (χ0n) is 9.22. The van der Waals surface area contributed by atoms with Gasteiger partial charge in [0.25, 0.3) is 5.56 Å². The van der Waals surface area contributed by atoms with Gasteiger partial charge in [0.15, 0.2) is 5.52 Å². The van der Waals surface area contributed by atoms with Crippen LogP contribution in [0.1, 0.15) is 24.6 Å². The highest BCUT2D eigenvalue weighted by atomic mass is 16.5. The van der Waals surface area contributed by atoms with E-state index in [0.717, 1.165) is 31.9 Å². The van der Waals surface area contributed by atoms with Crippen molar-refractivity contribution in [3.63, 3.8) is 0 Å². The molecule has 0 spiro atoms. The highest BCUT2D eigenvalue weighted by Crippen LogP contribution is 2.25. The smallest absolute Gasteiger partial charge is 0.278 e. The maximum atomic E-state index is 11.6. The first-order chi connectivity index (χ1) is 8.25. The first-order valence-electron chi connectivity index (χ1n) is 5.57. The fourth-order valence-corrected chi connectivity index (χ4v) is 2.17. The minimum Gasteiger partial charge on any atom is -0.381 e. The van der Waals surface area contributed by atoms with Gasteiger partial charge in [0.05, 0.1) is 6.20 Å². The van der Waals surface area contributed by atoms with Gasteiger partial charge in [0.2, 0.25) is 5.95 Å². The lowest BCUT2D eigenvalue weighted by atomic mass is 10.00. The van der Waals surface area contributed by atoms with Gasteiger partial charge in [-0.15, -0.1) is 5.10 Å². The Morgan fingerprint density at radius 1 is 1.47 bits per heavy atom. The molecule has 1 fully saturated rings. The van der Waals surface area contributed by atoms with Crippen molar-refractivity contribution in [1.29, 1.82) is 0 Å². The highest BCUT2D eigenvalue weighted by molar-refractivity contribution is 5.43. The summed E-state index contributed by atoms with van der Waals surface area (Å²) in [6, 6.07) is 0. The third-order valence-corrected chi connectivity index (χ3v) is 3.03. The summed E-state index contributed by atoms with van der Waals surface area (Å²) in [4.78, 5) is 18.4. The maximum absolute atomic E-state index is 11.6. The van der Waals surface area contributed by atoms with E-state index in [-0.39, 0.29) is 17.4 Å². The number of aromatic amines is 1. The van der Waals surface area contributed by atoms with Crippen LogP contribution >= 0.6 is 0 Å². The minimum atomic E-state index is -0.261. The van der Waals surface area contributed by atoms with Gasteiger partial charge < -0.3 is 10.5 Å². The Kier molecular flexibility index (Phi) is 2.32. The van der Waals surface area contributed by atoms with Gasteiger partial charge in [-0.1, -0.05) is 0 Å². The predicted octanol–water partition coefficient (Wildman–Crippen LogP) is -0.106. The first kappa shape index (κ1) is 10.3. The summed E-state index contributed by atoms with van der Waals surface area (Å²) in [6.45, 7) is 1.44. The van der Waals surface area contributed by atoms with Crippen molar-refractivity contribution >= 4 is 11.5 Å². The molecule has 1 aliphatic rings. The van der Waals surface area contributed by atoms with E-state index >= 15 is 0 Å². The summed E-state index contributed by atoms with van der Waals surface area (Å²) in [7, 11) is 0. The van der Waals surface area contributed by atoms with Crippen molar-refractivity contribution in [1.82, 2.24) is 19.6 Å². The fraction of sp³-hybridized carbons (Fsp3) is 0.500. The molecule has 0 aromatic carbocycles. The van der Waals surface area contributed by atoms with E-state index in [2.05, 4.69) is 15.1 Å². The topological polar surface area (TPSA) is 98.3 Å². The zero-order valence-corrected chi connectivity index (χ0v) is 9.22. The molecule has 90 valence electrons. The van der Waals surface area contributed by atoms with Crippen molar-refractivity contribution in [3.8, 4) is 0 Å². The number of nitrogens with one attached hydrogen (secondary N) is 1. The van der Waals surface area contributed by atoms with E-state index in [1.165, 1.54) is 6.20 Å². The monoisotopic (exact) mass is 235 g/mol. The second kappa shape index (κ2) is 3.85. The number of hydrogen-bond acceptors (Lipinski definition) is 5. The minimum absolute atomic E-state index is 0.105. The fourth-order valence-electron chi connectivity index (χ4n) is 2.17. The number of nitrogen functional groups attached to an aromatic ring is 1. The van der Waals surface area contributed by atoms with Gasteiger partial charge >= 0.3 is 0 Å². The number of hydrogen-bond donors (Lipinski definition) is 2. The second-order valence-electron chi connectivity index (χ2n) is 4.14. The summed E-state index contributed by atoms with van der Waals surface area (Å²) in [5.74, 6) is 1.18. The molecule has 3 heterocycles. The van der Waals surface area contributed by atoms with E-state index < -0.39 is 0 Å². The number of H-pyrrole nitrogens is 1. The molecule has 0 radical (unpaired) electrons. The van der Waals surface area contributed by atoms with Gasteiger partial charge in [-0.25, -0.2) is 9.50 Å². The molecule has 7 nitrogen and oxygen atoms in total. The van der Waals surface area contributed by atoms with Crippen molar-refractivity contribution in [3.05, 3.63) is 22.4 Å². The largest absolute Gasteiger partial charge is 0.381 e. The molecule has 1 aliphatic heterocycles. The summed E-state index contributed by atoms with van der Waals surface area (Å²) in [6.07, 6.45) is 3.33. The third kappa shape index (κ3) is 1.68. The zero-order chi connectivity index (χ0) is 11.8. The molecule has 7 heteroatoms. The van der Waals surface area contributed by atoms with E-state index in [4.69, 9.17) is 10.5 Å². The summed E-state index contributed by atoms with van der Waals surface area (Å²) >= 11 is 0. The lowest BCUT2D eigenvalue weighted by Gasteiger charge is -2.20. The molecule has 1 saturated heterocycles. The Hall–Kier alpha value is -1.89. The predicted molar refractivity (Wildman–Crippen MR) is 60.8 cm³/mol. The molecule has 0 atom stereocenters. The molecule has 0 unspecified atom stereocenters. The number of nitrogens with two attached hydrogens (primary N) is 1. The standard InChI is InChI=1S/C10H13N5O2/c11-10-13-9(16)7-5-12-8(15(7)14-10)6-1-3-17-4-2-6/h5-6H,1-4H2,(H3,11,13,14,16). The van der Waals surface area contributed by atoms with Crippen LogP contribution in [0.25, 0.3) is 5.52 Å². The number of anilines is 1. The molecule has 0 bridgehead atoms. The second-order valence-corrected chi connectivity index (χ2v) is 4.14. The quantitative estimate of drug-likeness (QED) is 0.718. The number of ether oxygens (including phenoxy) is 1. The van der Waals surface area contributed by atoms with Gasteiger partial charge in [-0.3, -0.25) is 9.78 Å². The number of fused-ring (bicyclic) bond motifs is 1. The molecule has 3 rings (SSSR count). The molecule has 17 heavy (non-hydrogen) atoms. The third-order valence-electron chi connectivity index (χ3n) is 3.03. The van der Waals surface area contributed by atoms with Gasteiger partial charge in [-0.2, -0.15) is 0 Å². The SMILES string of the molecule is Nc1nn2c(C3CCOCC3)ncc2c(=O)[nH]1. The average molecular weight is 235 g/mol. The maximum Gasteiger partial charge on any atom is 0.278 e. The molecule has 3 N–H and O–H groups in total.